The first-order valence-electron chi connectivity index (χ1n) is 4.69. The highest BCUT2D eigenvalue weighted by Crippen LogP contribution is 2.10. The van der Waals surface area contributed by atoms with Gasteiger partial charge in [-0.3, -0.25) is 4.79 Å². The lowest BCUT2D eigenvalue weighted by Crippen LogP contribution is -2.52. The first kappa shape index (κ1) is 15.6. The third kappa shape index (κ3) is 3.31. The molecule has 7 heteroatoms. The predicted octanol–water partition coefficient (Wildman–Crippen LogP) is 1.42. The monoisotopic (exact) mass is 283 g/mol. The summed E-state index contributed by atoms with van der Waals surface area (Å²) in [7, 11) is 0. The average molecular weight is 284 g/mol. The number of piperazine rings is 1. The van der Waals surface area contributed by atoms with Crippen LogP contribution in [0.25, 0.3) is 0 Å². The Morgan fingerprint density at radius 1 is 1.62 bits per heavy atom. The van der Waals surface area contributed by atoms with Gasteiger partial charge in [0.2, 0.25) is 0 Å². The van der Waals surface area contributed by atoms with E-state index in [9.17, 15) is 4.79 Å². The van der Waals surface area contributed by atoms with Crippen molar-refractivity contribution in [1.82, 2.24) is 15.2 Å². The summed E-state index contributed by atoms with van der Waals surface area (Å²) in [5.74, 6) is 0.0558. The highest BCUT2D eigenvalue weighted by Gasteiger charge is 2.24. The van der Waals surface area contributed by atoms with Crippen molar-refractivity contribution in [2.24, 2.45) is 0 Å². The van der Waals surface area contributed by atoms with Crippen molar-refractivity contribution in [3.63, 3.8) is 0 Å². The number of halogens is 2. The van der Waals surface area contributed by atoms with E-state index in [0.717, 1.165) is 19.6 Å². The van der Waals surface area contributed by atoms with Gasteiger partial charge in [-0.05, 0) is 6.92 Å². The van der Waals surface area contributed by atoms with E-state index in [1.54, 1.807) is 10.9 Å². The Labute approximate surface area is 111 Å². The minimum Gasteiger partial charge on any atom is -0.332 e. The molecule has 1 aliphatic heterocycles. The molecule has 4 nitrogen and oxygen atoms in total. The fraction of sp³-hybridized carbons (Fsp3) is 0.556. The van der Waals surface area contributed by atoms with Gasteiger partial charge in [-0.2, -0.15) is 0 Å². The van der Waals surface area contributed by atoms with Crippen LogP contribution < -0.4 is 5.32 Å². The molecule has 1 aromatic heterocycles. The van der Waals surface area contributed by atoms with Gasteiger partial charge in [-0.25, -0.2) is 4.98 Å². The van der Waals surface area contributed by atoms with Crippen LogP contribution in [0.15, 0.2) is 10.9 Å². The largest absolute Gasteiger partial charge is 0.332 e. The Hall–Kier alpha value is -0.360. The number of hydrogen-bond acceptors (Lipinski definition) is 4. The van der Waals surface area contributed by atoms with Crippen molar-refractivity contribution in [1.29, 1.82) is 0 Å². The van der Waals surface area contributed by atoms with E-state index in [-0.39, 0.29) is 36.8 Å². The average Bonchev–Trinajstić information content (AvgIpc) is 2.70. The lowest BCUT2D eigenvalue weighted by atomic mass is 10.2. The Morgan fingerprint density at radius 2 is 2.38 bits per heavy atom. The smallest absolute Gasteiger partial charge is 0.273 e. The highest BCUT2D eigenvalue weighted by atomic mass is 35.5. The van der Waals surface area contributed by atoms with E-state index in [0.29, 0.717) is 5.69 Å². The van der Waals surface area contributed by atoms with E-state index >= 15 is 0 Å². The van der Waals surface area contributed by atoms with Gasteiger partial charge in [0.05, 0.1) is 5.51 Å². The molecule has 16 heavy (non-hydrogen) atoms. The molecule has 0 radical (unpaired) electrons. The second kappa shape index (κ2) is 7.06. The summed E-state index contributed by atoms with van der Waals surface area (Å²) in [5.41, 5.74) is 2.27. The lowest BCUT2D eigenvalue weighted by molar-refractivity contribution is 0.0650. The van der Waals surface area contributed by atoms with E-state index < -0.39 is 0 Å². The normalized spacial score (nSPS) is 19.6. The molecule has 0 unspecified atom stereocenters. The number of aromatic nitrogens is 1. The number of nitrogens with one attached hydrogen (secondary N) is 1. The lowest BCUT2D eigenvalue weighted by Gasteiger charge is -2.33. The fourth-order valence-electron chi connectivity index (χ4n) is 1.61. The number of rotatable bonds is 1. The van der Waals surface area contributed by atoms with Crippen LogP contribution in [0.5, 0.6) is 0 Å². The van der Waals surface area contributed by atoms with Crippen LogP contribution in [-0.2, 0) is 0 Å². The van der Waals surface area contributed by atoms with Crippen LogP contribution in [0.4, 0.5) is 0 Å². The molecule has 1 fully saturated rings. The molecule has 2 heterocycles. The Kier molecular flexibility index (Phi) is 6.90. The van der Waals surface area contributed by atoms with Crippen molar-refractivity contribution in [3.05, 3.63) is 16.6 Å². The van der Waals surface area contributed by atoms with Crippen molar-refractivity contribution >= 4 is 42.1 Å². The second-order valence-electron chi connectivity index (χ2n) is 3.43. The molecule has 1 N–H and O–H groups in total. The molecule has 0 aliphatic carbocycles. The molecule has 2 rings (SSSR count). The van der Waals surface area contributed by atoms with Gasteiger partial charge in [0, 0.05) is 31.1 Å². The summed E-state index contributed by atoms with van der Waals surface area (Å²) in [6, 6.07) is 0.262. The molecule has 0 aromatic carbocycles. The molecule has 1 atom stereocenters. The molecular weight excluding hydrogens is 269 g/mol. The summed E-state index contributed by atoms with van der Waals surface area (Å²) in [6.07, 6.45) is 0. The van der Waals surface area contributed by atoms with Crippen molar-refractivity contribution in [3.8, 4) is 0 Å². The number of thiazole rings is 1. The quantitative estimate of drug-likeness (QED) is 0.848. The van der Waals surface area contributed by atoms with Gasteiger partial charge >= 0.3 is 0 Å². The molecule has 1 aliphatic rings. The number of amides is 1. The highest BCUT2D eigenvalue weighted by molar-refractivity contribution is 7.07. The molecule has 1 saturated heterocycles. The fourth-order valence-corrected chi connectivity index (χ4v) is 2.13. The number of hydrogen-bond donors (Lipinski definition) is 1. The van der Waals surface area contributed by atoms with E-state index in [4.69, 9.17) is 0 Å². The minimum absolute atomic E-state index is 0. The van der Waals surface area contributed by atoms with Crippen molar-refractivity contribution in [2.45, 2.75) is 13.0 Å². The van der Waals surface area contributed by atoms with Crippen LogP contribution in [0.3, 0.4) is 0 Å². The molecule has 0 spiro atoms. The maximum absolute atomic E-state index is 11.9. The Balaban J connectivity index is 0.00000112. The molecular formula is C9H15Cl2N3OS. The molecule has 0 saturated carbocycles. The van der Waals surface area contributed by atoms with E-state index in [1.807, 2.05) is 4.90 Å². The van der Waals surface area contributed by atoms with Crippen molar-refractivity contribution < 1.29 is 4.79 Å². The standard InChI is InChI=1S/C9H13N3OS.2ClH/c1-7-4-10-2-3-12(7)9(13)8-5-14-6-11-8;;/h5-7,10H,2-4H2,1H3;2*1H/t7-;;/m0../s1. The van der Waals surface area contributed by atoms with Gasteiger partial charge < -0.3 is 10.2 Å². The van der Waals surface area contributed by atoms with E-state index in [2.05, 4.69) is 17.2 Å². The topological polar surface area (TPSA) is 45.2 Å². The zero-order chi connectivity index (χ0) is 9.97. The first-order chi connectivity index (χ1) is 6.79. The SMILES string of the molecule is C[C@H]1CNCCN1C(=O)c1cscn1.Cl.Cl. The maximum Gasteiger partial charge on any atom is 0.273 e. The first-order valence-corrected chi connectivity index (χ1v) is 5.63. The summed E-state index contributed by atoms with van der Waals surface area (Å²) in [6.45, 7) is 4.57. The van der Waals surface area contributed by atoms with Gasteiger partial charge in [-0.15, -0.1) is 36.2 Å². The van der Waals surface area contributed by atoms with Gasteiger partial charge in [0.1, 0.15) is 5.69 Å². The number of carbonyl (C=O) groups excluding carboxylic acids is 1. The summed E-state index contributed by atoms with van der Waals surface area (Å²) in [5, 5.41) is 5.06. The van der Waals surface area contributed by atoms with Gasteiger partial charge in [-0.1, -0.05) is 0 Å². The third-order valence-corrected chi connectivity index (χ3v) is 3.00. The molecule has 1 amide bonds. The molecule has 0 bridgehead atoms. The third-order valence-electron chi connectivity index (χ3n) is 2.41. The maximum atomic E-state index is 11.9. The zero-order valence-corrected chi connectivity index (χ0v) is 11.3. The Bertz CT molecular complexity index is 321. The van der Waals surface area contributed by atoms with Gasteiger partial charge in [0.15, 0.2) is 0 Å². The van der Waals surface area contributed by atoms with Crippen LogP contribution in [-0.4, -0.2) is 41.5 Å². The molecule has 1 aromatic rings. The van der Waals surface area contributed by atoms with E-state index in [1.165, 1.54) is 11.3 Å². The summed E-state index contributed by atoms with van der Waals surface area (Å²) in [4.78, 5) is 17.8. The predicted molar refractivity (Wildman–Crippen MR) is 70.0 cm³/mol. The van der Waals surface area contributed by atoms with Crippen LogP contribution in [0, 0.1) is 0 Å². The zero-order valence-electron chi connectivity index (χ0n) is 8.88. The number of nitrogens with zero attached hydrogens (tertiary/aromatic N) is 2. The summed E-state index contributed by atoms with van der Waals surface area (Å²) >= 11 is 1.46. The second-order valence-corrected chi connectivity index (χ2v) is 4.14. The van der Waals surface area contributed by atoms with Gasteiger partial charge in [0.25, 0.3) is 5.91 Å². The van der Waals surface area contributed by atoms with Crippen LogP contribution in [0.1, 0.15) is 17.4 Å². The minimum atomic E-state index is 0. The number of carbonyl (C=O) groups is 1. The van der Waals surface area contributed by atoms with Crippen LogP contribution in [0.2, 0.25) is 0 Å². The molecule has 92 valence electrons. The Morgan fingerprint density at radius 3 is 2.94 bits per heavy atom. The van der Waals surface area contributed by atoms with Crippen LogP contribution >= 0.6 is 36.2 Å². The summed E-state index contributed by atoms with van der Waals surface area (Å²) < 4.78 is 0. The van der Waals surface area contributed by atoms with Crippen molar-refractivity contribution in [2.75, 3.05) is 19.6 Å².